The van der Waals surface area contributed by atoms with Crippen molar-refractivity contribution in [2.75, 3.05) is 6.54 Å². The van der Waals surface area contributed by atoms with Crippen molar-refractivity contribution in [1.82, 2.24) is 5.32 Å². The third-order valence-electron chi connectivity index (χ3n) is 3.41. The average Bonchev–Trinajstić information content (AvgIpc) is 2.53. The highest BCUT2D eigenvalue weighted by molar-refractivity contribution is 5.32. The summed E-state index contributed by atoms with van der Waals surface area (Å²) in [6.45, 7) is 2.35. The Balaban J connectivity index is 1.92. The van der Waals surface area contributed by atoms with E-state index in [4.69, 9.17) is 5.26 Å². The molecular weight excluding hydrogens is 267 g/mol. The molecule has 0 heterocycles. The predicted octanol–water partition coefficient (Wildman–Crippen LogP) is 3.08. The number of nitrogens with zero attached hydrogens (tertiary/aromatic N) is 1. The summed E-state index contributed by atoms with van der Waals surface area (Å²) in [4.78, 5) is 0. The number of benzene rings is 2. The fourth-order valence-electron chi connectivity index (χ4n) is 2.06. The van der Waals surface area contributed by atoms with Gasteiger partial charge in [0.2, 0.25) is 0 Å². The van der Waals surface area contributed by atoms with Crippen LogP contribution in [0.3, 0.4) is 0 Å². The zero-order valence-corrected chi connectivity index (χ0v) is 11.8. The molecule has 0 aliphatic carbocycles. The van der Waals surface area contributed by atoms with Crippen molar-refractivity contribution in [3.8, 4) is 6.07 Å². The van der Waals surface area contributed by atoms with Gasteiger partial charge in [-0.25, -0.2) is 4.39 Å². The van der Waals surface area contributed by atoms with Crippen LogP contribution in [0.25, 0.3) is 0 Å². The van der Waals surface area contributed by atoms with Crippen molar-refractivity contribution in [3.63, 3.8) is 0 Å². The summed E-state index contributed by atoms with van der Waals surface area (Å²) in [7, 11) is 0. The molecule has 0 spiro atoms. The quantitative estimate of drug-likeness (QED) is 0.887. The predicted molar refractivity (Wildman–Crippen MR) is 78.9 cm³/mol. The van der Waals surface area contributed by atoms with Crippen molar-refractivity contribution in [2.45, 2.75) is 19.1 Å². The molecule has 0 aromatic heterocycles. The summed E-state index contributed by atoms with van der Waals surface area (Å²) >= 11 is 0. The molecule has 21 heavy (non-hydrogen) atoms. The molecule has 0 saturated heterocycles. The minimum atomic E-state index is -0.688. The topological polar surface area (TPSA) is 56.0 Å². The highest BCUT2D eigenvalue weighted by atomic mass is 19.1. The Morgan fingerprint density at radius 1 is 1.10 bits per heavy atom. The third kappa shape index (κ3) is 4.12. The van der Waals surface area contributed by atoms with Crippen LogP contribution in [-0.4, -0.2) is 11.7 Å². The zero-order valence-electron chi connectivity index (χ0n) is 11.8. The molecule has 0 aliphatic heterocycles. The van der Waals surface area contributed by atoms with Crippen LogP contribution in [0, 0.1) is 17.1 Å². The summed E-state index contributed by atoms with van der Waals surface area (Å²) in [6.07, 6.45) is -0.688. The van der Waals surface area contributed by atoms with Crippen molar-refractivity contribution in [1.29, 1.82) is 5.26 Å². The normalized spacial score (nSPS) is 13.4. The van der Waals surface area contributed by atoms with Crippen LogP contribution in [0.4, 0.5) is 4.39 Å². The van der Waals surface area contributed by atoms with E-state index in [2.05, 4.69) is 11.4 Å². The van der Waals surface area contributed by atoms with Gasteiger partial charge in [0.1, 0.15) is 5.82 Å². The fraction of sp³-hybridized carbons (Fsp3) is 0.235. The molecule has 0 saturated carbocycles. The van der Waals surface area contributed by atoms with Crippen LogP contribution in [0.1, 0.15) is 35.8 Å². The molecule has 0 radical (unpaired) electrons. The minimum Gasteiger partial charge on any atom is -0.387 e. The summed E-state index contributed by atoms with van der Waals surface area (Å²) in [6, 6.07) is 15.3. The van der Waals surface area contributed by atoms with Crippen LogP contribution in [0.15, 0.2) is 48.5 Å². The first-order chi connectivity index (χ1) is 10.1. The van der Waals surface area contributed by atoms with Gasteiger partial charge in [-0.05, 0) is 42.3 Å². The Hall–Kier alpha value is -2.22. The standard InChI is InChI=1S/C17H17FN2O/c1-12(14-4-2-13(10-19)3-5-14)20-11-17(21)15-6-8-16(18)9-7-15/h2-9,12,17,20-21H,11H2,1H3. The van der Waals surface area contributed by atoms with E-state index in [1.807, 2.05) is 19.1 Å². The Morgan fingerprint density at radius 2 is 1.67 bits per heavy atom. The summed E-state index contributed by atoms with van der Waals surface area (Å²) in [5.41, 5.74) is 2.34. The van der Waals surface area contributed by atoms with E-state index >= 15 is 0 Å². The third-order valence-corrected chi connectivity index (χ3v) is 3.41. The summed E-state index contributed by atoms with van der Waals surface area (Å²) in [5.74, 6) is -0.315. The van der Waals surface area contributed by atoms with Gasteiger partial charge in [0, 0.05) is 12.6 Å². The van der Waals surface area contributed by atoms with Gasteiger partial charge in [0.25, 0.3) is 0 Å². The van der Waals surface area contributed by atoms with Gasteiger partial charge in [-0.15, -0.1) is 0 Å². The number of halogens is 1. The molecule has 108 valence electrons. The van der Waals surface area contributed by atoms with Crippen LogP contribution in [0.5, 0.6) is 0 Å². The second kappa shape index (κ2) is 6.98. The smallest absolute Gasteiger partial charge is 0.123 e. The second-order valence-corrected chi connectivity index (χ2v) is 4.93. The molecule has 2 unspecified atom stereocenters. The van der Waals surface area contributed by atoms with Gasteiger partial charge in [0.05, 0.1) is 17.7 Å². The van der Waals surface area contributed by atoms with E-state index < -0.39 is 6.10 Å². The minimum absolute atomic E-state index is 0.0489. The van der Waals surface area contributed by atoms with E-state index in [0.717, 1.165) is 5.56 Å². The van der Waals surface area contributed by atoms with Gasteiger partial charge in [-0.2, -0.15) is 5.26 Å². The Kier molecular flexibility index (Phi) is 5.04. The number of rotatable bonds is 5. The largest absolute Gasteiger partial charge is 0.387 e. The monoisotopic (exact) mass is 284 g/mol. The molecular formula is C17H17FN2O. The molecule has 3 nitrogen and oxygen atoms in total. The summed E-state index contributed by atoms with van der Waals surface area (Å²) < 4.78 is 12.8. The van der Waals surface area contributed by atoms with E-state index in [0.29, 0.717) is 17.7 Å². The lowest BCUT2D eigenvalue weighted by Crippen LogP contribution is -2.24. The molecule has 0 bridgehead atoms. The first-order valence-corrected chi connectivity index (χ1v) is 6.77. The SMILES string of the molecule is CC(NCC(O)c1ccc(F)cc1)c1ccc(C#N)cc1. The number of aliphatic hydroxyl groups is 1. The Morgan fingerprint density at radius 3 is 2.24 bits per heavy atom. The molecule has 0 fully saturated rings. The number of hydrogen-bond acceptors (Lipinski definition) is 3. The Bertz CT molecular complexity index is 617. The number of nitrogens with one attached hydrogen (secondary N) is 1. The van der Waals surface area contributed by atoms with Crippen LogP contribution < -0.4 is 5.32 Å². The van der Waals surface area contributed by atoms with Crippen molar-refractivity contribution in [2.24, 2.45) is 0 Å². The number of hydrogen-bond donors (Lipinski definition) is 2. The lowest BCUT2D eigenvalue weighted by Gasteiger charge is -2.18. The molecule has 2 aromatic rings. The molecule has 0 aliphatic rings. The van der Waals surface area contributed by atoms with E-state index in [9.17, 15) is 9.50 Å². The van der Waals surface area contributed by atoms with E-state index in [1.165, 1.54) is 12.1 Å². The number of nitriles is 1. The van der Waals surface area contributed by atoms with Crippen LogP contribution in [-0.2, 0) is 0 Å². The van der Waals surface area contributed by atoms with Crippen LogP contribution in [0.2, 0.25) is 0 Å². The molecule has 2 aromatic carbocycles. The van der Waals surface area contributed by atoms with Crippen molar-refractivity contribution < 1.29 is 9.50 Å². The number of aliphatic hydroxyl groups excluding tert-OH is 1. The van der Waals surface area contributed by atoms with Gasteiger partial charge in [-0.1, -0.05) is 24.3 Å². The first-order valence-electron chi connectivity index (χ1n) is 6.77. The molecule has 4 heteroatoms. The highest BCUT2D eigenvalue weighted by Gasteiger charge is 2.10. The zero-order chi connectivity index (χ0) is 15.2. The Labute approximate surface area is 123 Å². The average molecular weight is 284 g/mol. The maximum atomic E-state index is 12.8. The van der Waals surface area contributed by atoms with Crippen molar-refractivity contribution in [3.05, 3.63) is 71.0 Å². The van der Waals surface area contributed by atoms with Crippen molar-refractivity contribution >= 4 is 0 Å². The van der Waals surface area contributed by atoms with E-state index in [1.54, 1.807) is 24.3 Å². The van der Waals surface area contributed by atoms with Gasteiger partial charge in [0.15, 0.2) is 0 Å². The van der Waals surface area contributed by atoms with Gasteiger partial charge in [-0.3, -0.25) is 0 Å². The molecule has 2 rings (SSSR count). The highest BCUT2D eigenvalue weighted by Crippen LogP contribution is 2.16. The maximum absolute atomic E-state index is 12.8. The van der Waals surface area contributed by atoms with Gasteiger partial charge >= 0.3 is 0 Å². The first kappa shape index (κ1) is 15.2. The maximum Gasteiger partial charge on any atom is 0.123 e. The fourth-order valence-corrected chi connectivity index (χ4v) is 2.06. The molecule has 0 amide bonds. The lowest BCUT2D eigenvalue weighted by atomic mass is 10.1. The molecule has 2 atom stereocenters. The lowest BCUT2D eigenvalue weighted by molar-refractivity contribution is 0.170. The van der Waals surface area contributed by atoms with Crippen LogP contribution >= 0.6 is 0 Å². The van der Waals surface area contributed by atoms with Gasteiger partial charge < -0.3 is 10.4 Å². The van der Waals surface area contributed by atoms with E-state index in [-0.39, 0.29) is 11.9 Å². The molecule has 2 N–H and O–H groups in total. The second-order valence-electron chi connectivity index (χ2n) is 4.93. The summed E-state index contributed by atoms with van der Waals surface area (Å²) in [5, 5.41) is 22.0.